The Balaban J connectivity index is 1.96. The Morgan fingerprint density at radius 1 is 1.29 bits per heavy atom. The van der Waals surface area contributed by atoms with Crippen LogP contribution in [-0.4, -0.2) is 29.5 Å². The van der Waals surface area contributed by atoms with Crippen molar-refractivity contribution in [1.82, 2.24) is 15.3 Å². The Kier molecular flexibility index (Phi) is 6.12. The molecule has 1 heterocycles. The summed E-state index contributed by atoms with van der Waals surface area (Å²) in [5.41, 5.74) is 2.08. The van der Waals surface area contributed by atoms with Crippen LogP contribution in [0, 0.1) is 6.92 Å². The lowest BCUT2D eigenvalue weighted by Gasteiger charge is -2.19. The molecule has 0 bridgehead atoms. The van der Waals surface area contributed by atoms with E-state index >= 15 is 0 Å². The molecule has 0 aliphatic rings. The van der Waals surface area contributed by atoms with Crippen molar-refractivity contribution in [2.24, 2.45) is 0 Å². The molecule has 0 unspecified atom stereocenters. The molecule has 6 nitrogen and oxygen atoms in total. The maximum atomic E-state index is 12.2. The highest BCUT2D eigenvalue weighted by atomic mass is 16.1. The number of hydrogen-bond acceptors (Lipinski definition) is 4. The monoisotopic (exact) mass is 328 g/mol. The molecule has 1 amide bonds. The van der Waals surface area contributed by atoms with E-state index in [1.54, 1.807) is 19.1 Å². The summed E-state index contributed by atoms with van der Waals surface area (Å²) in [7, 11) is 2.05. The molecule has 2 rings (SSSR count). The lowest BCUT2D eigenvalue weighted by molar-refractivity contribution is 0.0950. The van der Waals surface area contributed by atoms with Gasteiger partial charge in [-0.05, 0) is 37.6 Å². The summed E-state index contributed by atoms with van der Waals surface area (Å²) >= 11 is 0. The van der Waals surface area contributed by atoms with Crippen LogP contribution >= 0.6 is 0 Å². The minimum atomic E-state index is -0.216. The van der Waals surface area contributed by atoms with Gasteiger partial charge in [0, 0.05) is 36.6 Å². The van der Waals surface area contributed by atoms with Crippen LogP contribution in [0.5, 0.6) is 0 Å². The maximum Gasteiger partial charge on any atom is 0.251 e. The molecule has 6 heteroatoms. The smallest absolute Gasteiger partial charge is 0.251 e. The predicted molar refractivity (Wildman–Crippen MR) is 95.4 cm³/mol. The number of nitrogens with zero attached hydrogens (tertiary/aromatic N) is 2. The molecule has 0 saturated carbocycles. The predicted octanol–water partition coefficient (Wildman–Crippen LogP) is 2.24. The number of carbonyl (C=O) groups excluding carboxylic acids is 1. The fraction of sp³-hybridized carbons (Fsp3) is 0.389. The Bertz CT molecular complexity index is 737. The number of carbonyl (C=O) groups is 1. The van der Waals surface area contributed by atoms with Gasteiger partial charge in [-0.25, -0.2) is 4.98 Å². The molecule has 0 saturated heterocycles. The van der Waals surface area contributed by atoms with Gasteiger partial charge in [-0.2, -0.15) is 0 Å². The fourth-order valence-electron chi connectivity index (χ4n) is 2.38. The second-order valence-corrected chi connectivity index (χ2v) is 5.84. The zero-order valence-corrected chi connectivity index (χ0v) is 14.4. The average Bonchev–Trinajstić information content (AvgIpc) is 2.57. The van der Waals surface area contributed by atoms with Crippen molar-refractivity contribution in [3.05, 3.63) is 57.8 Å². The molecule has 128 valence electrons. The summed E-state index contributed by atoms with van der Waals surface area (Å²) in [6.45, 7) is 5.09. The zero-order chi connectivity index (χ0) is 17.5. The Morgan fingerprint density at radius 3 is 2.62 bits per heavy atom. The number of hydrogen-bond donors (Lipinski definition) is 2. The highest BCUT2D eigenvalue weighted by Gasteiger charge is 2.08. The van der Waals surface area contributed by atoms with E-state index in [0.717, 1.165) is 25.1 Å². The molecule has 0 spiro atoms. The number of aromatic nitrogens is 2. The molecule has 0 fully saturated rings. The molecule has 2 aromatic rings. The minimum Gasteiger partial charge on any atom is -0.375 e. The first kappa shape index (κ1) is 17.7. The molecular formula is C18H24N4O2. The molecule has 0 atom stereocenters. The number of H-pyrrole nitrogens is 1. The summed E-state index contributed by atoms with van der Waals surface area (Å²) in [6, 6.07) is 8.91. The van der Waals surface area contributed by atoms with Crippen LogP contribution in [-0.2, 0) is 6.54 Å². The molecule has 0 aliphatic heterocycles. The number of aryl methyl sites for hydroxylation is 1. The van der Waals surface area contributed by atoms with E-state index in [9.17, 15) is 9.59 Å². The van der Waals surface area contributed by atoms with Crippen LogP contribution in [0.4, 0.5) is 5.69 Å². The van der Waals surface area contributed by atoms with Gasteiger partial charge in [0.2, 0.25) is 0 Å². The second kappa shape index (κ2) is 8.29. The highest BCUT2D eigenvalue weighted by Crippen LogP contribution is 2.14. The van der Waals surface area contributed by atoms with E-state index < -0.39 is 0 Å². The van der Waals surface area contributed by atoms with Crippen molar-refractivity contribution >= 4 is 11.6 Å². The van der Waals surface area contributed by atoms with Gasteiger partial charge in [0.1, 0.15) is 5.82 Å². The third kappa shape index (κ3) is 4.94. The van der Waals surface area contributed by atoms with Gasteiger partial charge in [0.25, 0.3) is 11.5 Å². The van der Waals surface area contributed by atoms with Crippen molar-refractivity contribution in [3.63, 3.8) is 0 Å². The van der Waals surface area contributed by atoms with Gasteiger partial charge in [-0.3, -0.25) is 9.59 Å². The fourth-order valence-corrected chi connectivity index (χ4v) is 2.38. The largest absolute Gasteiger partial charge is 0.375 e. The molecule has 24 heavy (non-hydrogen) atoms. The molecule has 0 radical (unpaired) electrons. The molecule has 1 aromatic carbocycles. The number of benzene rings is 1. The molecule has 1 aromatic heterocycles. The molecule has 2 N–H and O–H groups in total. The number of aromatic amines is 1. The van der Waals surface area contributed by atoms with Crippen LogP contribution in [0.3, 0.4) is 0 Å². The van der Waals surface area contributed by atoms with Gasteiger partial charge in [0.05, 0.1) is 6.54 Å². The van der Waals surface area contributed by atoms with Crippen LogP contribution in [0.25, 0.3) is 0 Å². The first-order chi connectivity index (χ1) is 11.5. The van der Waals surface area contributed by atoms with E-state index in [4.69, 9.17) is 0 Å². The summed E-state index contributed by atoms with van der Waals surface area (Å²) in [6.07, 6.45) is 2.29. The number of nitrogens with one attached hydrogen (secondary N) is 2. The van der Waals surface area contributed by atoms with Crippen molar-refractivity contribution < 1.29 is 4.79 Å². The third-order valence-corrected chi connectivity index (χ3v) is 3.75. The highest BCUT2D eigenvalue weighted by molar-refractivity contribution is 5.94. The average molecular weight is 328 g/mol. The summed E-state index contributed by atoms with van der Waals surface area (Å²) in [5.74, 6) is 0.256. The van der Waals surface area contributed by atoms with Crippen LogP contribution < -0.4 is 15.8 Å². The van der Waals surface area contributed by atoms with E-state index in [2.05, 4.69) is 27.1 Å². The van der Waals surface area contributed by atoms with Crippen molar-refractivity contribution in [3.8, 4) is 0 Å². The van der Waals surface area contributed by atoms with Gasteiger partial charge >= 0.3 is 0 Å². The lowest BCUT2D eigenvalue weighted by Crippen LogP contribution is -2.25. The van der Waals surface area contributed by atoms with Crippen molar-refractivity contribution in [2.45, 2.75) is 33.2 Å². The van der Waals surface area contributed by atoms with Gasteiger partial charge < -0.3 is 15.2 Å². The number of rotatable bonds is 7. The van der Waals surface area contributed by atoms with Crippen LogP contribution in [0.15, 0.2) is 35.1 Å². The van der Waals surface area contributed by atoms with Crippen molar-refractivity contribution in [2.75, 3.05) is 18.5 Å². The molecule has 0 aliphatic carbocycles. The van der Waals surface area contributed by atoms with Gasteiger partial charge in [-0.1, -0.05) is 13.3 Å². The lowest BCUT2D eigenvalue weighted by atomic mass is 10.2. The van der Waals surface area contributed by atoms with Gasteiger partial charge in [0.15, 0.2) is 0 Å². The summed E-state index contributed by atoms with van der Waals surface area (Å²) < 4.78 is 0. The Morgan fingerprint density at radius 2 is 2.00 bits per heavy atom. The van der Waals surface area contributed by atoms with Crippen LogP contribution in [0.2, 0.25) is 0 Å². The third-order valence-electron chi connectivity index (χ3n) is 3.75. The number of amides is 1. The number of anilines is 1. The van der Waals surface area contributed by atoms with E-state index in [0.29, 0.717) is 17.1 Å². The molecular weight excluding hydrogens is 304 g/mol. The zero-order valence-electron chi connectivity index (χ0n) is 14.4. The first-order valence-corrected chi connectivity index (χ1v) is 8.16. The standard InChI is InChI=1S/C18H24N4O2/c1-4-5-10-22(3)15-8-6-14(7-9-15)18(24)19-12-16-20-13(2)11-17(23)21-16/h6-9,11H,4-5,10,12H2,1-3H3,(H,19,24)(H,20,21,23). The topological polar surface area (TPSA) is 78.1 Å². The Hall–Kier alpha value is -2.63. The van der Waals surface area contributed by atoms with Crippen LogP contribution in [0.1, 0.15) is 41.6 Å². The van der Waals surface area contributed by atoms with Crippen molar-refractivity contribution in [1.29, 1.82) is 0 Å². The SMILES string of the molecule is CCCCN(C)c1ccc(C(=O)NCc2nc(C)cc(=O)[nH]2)cc1. The maximum absolute atomic E-state index is 12.2. The Labute approximate surface area is 141 Å². The first-order valence-electron chi connectivity index (χ1n) is 8.16. The van der Waals surface area contributed by atoms with Gasteiger partial charge in [-0.15, -0.1) is 0 Å². The number of unbranched alkanes of at least 4 members (excludes halogenated alkanes) is 1. The normalized spacial score (nSPS) is 10.5. The van der Waals surface area contributed by atoms with E-state index in [-0.39, 0.29) is 18.0 Å². The summed E-state index contributed by atoms with van der Waals surface area (Å²) in [4.78, 5) is 32.6. The van der Waals surface area contributed by atoms with E-state index in [1.807, 2.05) is 19.2 Å². The second-order valence-electron chi connectivity index (χ2n) is 5.84. The minimum absolute atomic E-state index is 0.188. The quantitative estimate of drug-likeness (QED) is 0.817. The summed E-state index contributed by atoms with van der Waals surface area (Å²) in [5, 5.41) is 2.77. The van der Waals surface area contributed by atoms with E-state index in [1.165, 1.54) is 6.07 Å².